The molecule has 11 heteroatoms. The number of amides is 1. The summed E-state index contributed by atoms with van der Waals surface area (Å²) in [6, 6.07) is 3.10. The van der Waals surface area contributed by atoms with Crippen molar-refractivity contribution < 1.29 is 35.3 Å². The number of piperazine rings is 1. The van der Waals surface area contributed by atoms with Crippen molar-refractivity contribution in [3.05, 3.63) is 23.8 Å². The second kappa shape index (κ2) is 7.08. The molecule has 1 amide bonds. The highest BCUT2D eigenvalue weighted by Gasteiger charge is 2.48. The van der Waals surface area contributed by atoms with Crippen molar-refractivity contribution in [1.82, 2.24) is 9.80 Å². The van der Waals surface area contributed by atoms with Crippen LogP contribution in [0.4, 0.5) is 13.2 Å². The number of rotatable bonds is 4. The van der Waals surface area contributed by atoms with E-state index < -0.39 is 21.4 Å². The third-order valence-electron chi connectivity index (χ3n) is 3.68. The predicted molar refractivity (Wildman–Crippen MR) is 82.0 cm³/mol. The van der Waals surface area contributed by atoms with Gasteiger partial charge in [-0.2, -0.15) is 21.6 Å². The monoisotopic (exact) mass is 382 g/mol. The molecule has 0 N–H and O–H groups in total. The fourth-order valence-electron chi connectivity index (χ4n) is 2.25. The van der Waals surface area contributed by atoms with Gasteiger partial charge in [0, 0.05) is 32.2 Å². The van der Waals surface area contributed by atoms with Crippen LogP contribution in [0.25, 0.3) is 0 Å². The smallest absolute Gasteiger partial charge is 0.496 e. The van der Waals surface area contributed by atoms with E-state index in [1.54, 1.807) is 4.90 Å². The molecule has 1 aromatic rings. The number of carbonyl (C=O) groups is 1. The second-order valence-corrected chi connectivity index (χ2v) is 6.98. The molecule has 7 nitrogen and oxygen atoms in total. The van der Waals surface area contributed by atoms with Gasteiger partial charge in [0.25, 0.3) is 5.91 Å². The lowest BCUT2D eigenvalue weighted by Crippen LogP contribution is -2.47. The van der Waals surface area contributed by atoms with Gasteiger partial charge < -0.3 is 18.7 Å². The van der Waals surface area contributed by atoms with Crippen LogP contribution < -0.4 is 8.92 Å². The maximum Gasteiger partial charge on any atom is 0.534 e. The molecule has 1 aromatic carbocycles. The van der Waals surface area contributed by atoms with E-state index in [1.807, 2.05) is 7.05 Å². The summed E-state index contributed by atoms with van der Waals surface area (Å²) in [6.07, 6.45) is 0. The average molecular weight is 382 g/mol. The van der Waals surface area contributed by atoms with E-state index in [0.717, 1.165) is 12.1 Å². The third kappa shape index (κ3) is 4.34. The van der Waals surface area contributed by atoms with Crippen molar-refractivity contribution in [2.24, 2.45) is 0 Å². The third-order valence-corrected chi connectivity index (χ3v) is 4.66. The van der Waals surface area contributed by atoms with Crippen LogP contribution in [-0.4, -0.2) is 70.0 Å². The number of alkyl halides is 3. The number of ether oxygens (including phenoxy) is 1. The second-order valence-electron chi connectivity index (χ2n) is 5.44. The van der Waals surface area contributed by atoms with Crippen LogP contribution in [0.5, 0.6) is 11.5 Å². The number of nitrogens with zero attached hydrogens (tertiary/aromatic N) is 2. The van der Waals surface area contributed by atoms with Crippen molar-refractivity contribution >= 4 is 16.0 Å². The molecule has 0 spiro atoms. The van der Waals surface area contributed by atoms with E-state index in [4.69, 9.17) is 4.74 Å². The van der Waals surface area contributed by atoms with Gasteiger partial charge in [0.1, 0.15) is 11.5 Å². The first-order valence-electron chi connectivity index (χ1n) is 7.22. The Labute approximate surface area is 143 Å². The van der Waals surface area contributed by atoms with Crippen LogP contribution in [-0.2, 0) is 10.1 Å². The van der Waals surface area contributed by atoms with E-state index in [1.165, 1.54) is 13.2 Å². The van der Waals surface area contributed by atoms with Crippen LogP contribution >= 0.6 is 0 Å². The number of carbonyl (C=O) groups excluding carboxylic acids is 1. The topological polar surface area (TPSA) is 76.1 Å². The lowest BCUT2D eigenvalue weighted by atomic mass is 10.1. The first kappa shape index (κ1) is 19.3. The molecule has 1 saturated heterocycles. The summed E-state index contributed by atoms with van der Waals surface area (Å²) in [5.41, 5.74) is -5.43. The Kier molecular flexibility index (Phi) is 5.47. The van der Waals surface area contributed by atoms with Crippen molar-refractivity contribution in [2.45, 2.75) is 5.51 Å². The van der Waals surface area contributed by atoms with Crippen LogP contribution in [0.3, 0.4) is 0 Å². The first-order valence-corrected chi connectivity index (χ1v) is 8.62. The highest BCUT2D eigenvalue weighted by molar-refractivity contribution is 7.88. The Balaban J connectivity index is 2.23. The highest BCUT2D eigenvalue weighted by atomic mass is 32.2. The Morgan fingerprint density at radius 1 is 1.16 bits per heavy atom. The maximum atomic E-state index is 12.5. The normalized spacial score (nSPS) is 16.6. The summed E-state index contributed by atoms with van der Waals surface area (Å²) in [5, 5.41) is 0. The van der Waals surface area contributed by atoms with Crippen molar-refractivity contribution in [3.63, 3.8) is 0 Å². The van der Waals surface area contributed by atoms with E-state index in [-0.39, 0.29) is 17.2 Å². The molecular weight excluding hydrogens is 365 g/mol. The molecule has 1 fully saturated rings. The molecule has 2 rings (SSSR count). The maximum absolute atomic E-state index is 12.5. The number of halogens is 3. The van der Waals surface area contributed by atoms with Gasteiger partial charge >= 0.3 is 15.6 Å². The molecule has 25 heavy (non-hydrogen) atoms. The molecular formula is C14H17F3N2O5S. The number of likely N-dealkylation sites (N-methyl/N-ethyl adjacent to an activating group) is 1. The molecule has 1 aliphatic heterocycles. The van der Waals surface area contributed by atoms with E-state index in [9.17, 15) is 26.4 Å². The minimum atomic E-state index is -5.79. The van der Waals surface area contributed by atoms with Gasteiger partial charge in [0.2, 0.25) is 0 Å². The van der Waals surface area contributed by atoms with Gasteiger partial charge in [0.15, 0.2) is 0 Å². The molecule has 0 saturated carbocycles. The van der Waals surface area contributed by atoms with Crippen molar-refractivity contribution in [1.29, 1.82) is 0 Å². The van der Waals surface area contributed by atoms with Crippen LogP contribution in [0, 0.1) is 0 Å². The predicted octanol–water partition coefficient (Wildman–Crippen LogP) is 1.31. The molecule has 0 radical (unpaired) electrons. The molecule has 0 bridgehead atoms. The van der Waals surface area contributed by atoms with Gasteiger partial charge in [-0.3, -0.25) is 4.79 Å². The quantitative estimate of drug-likeness (QED) is 0.577. The summed E-state index contributed by atoms with van der Waals surface area (Å²) < 4.78 is 68.3. The molecule has 0 unspecified atom stereocenters. The SMILES string of the molecule is COc1cc(OS(=O)(=O)C(F)(F)F)ccc1C(=O)N1CCN(C)CC1. The number of benzene rings is 1. The number of hydrogen-bond acceptors (Lipinski definition) is 6. The van der Waals surface area contributed by atoms with E-state index >= 15 is 0 Å². The minimum Gasteiger partial charge on any atom is -0.496 e. The zero-order valence-electron chi connectivity index (χ0n) is 13.5. The summed E-state index contributed by atoms with van der Waals surface area (Å²) in [7, 11) is -2.65. The zero-order valence-corrected chi connectivity index (χ0v) is 14.4. The van der Waals surface area contributed by atoms with E-state index in [2.05, 4.69) is 9.08 Å². The van der Waals surface area contributed by atoms with Crippen LogP contribution in [0.15, 0.2) is 18.2 Å². The molecule has 0 atom stereocenters. The summed E-state index contributed by atoms with van der Waals surface area (Å²) in [6.45, 7) is 2.39. The Bertz CT molecular complexity index is 743. The fraction of sp³-hybridized carbons (Fsp3) is 0.500. The molecule has 0 aliphatic carbocycles. The molecule has 1 aliphatic rings. The zero-order chi connectivity index (χ0) is 18.8. The van der Waals surface area contributed by atoms with Crippen molar-refractivity contribution in [3.8, 4) is 11.5 Å². The fourth-order valence-corrected chi connectivity index (χ4v) is 2.71. The summed E-state index contributed by atoms with van der Waals surface area (Å²) >= 11 is 0. The average Bonchev–Trinajstić information content (AvgIpc) is 2.53. The van der Waals surface area contributed by atoms with Gasteiger partial charge in [-0.15, -0.1) is 0 Å². The lowest BCUT2D eigenvalue weighted by Gasteiger charge is -2.32. The Morgan fingerprint density at radius 2 is 1.76 bits per heavy atom. The lowest BCUT2D eigenvalue weighted by molar-refractivity contribution is -0.0500. The minimum absolute atomic E-state index is 0.0706. The van der Waals surface area contributed by atoms with Gasteiger partial charge in [-0.05, 0) is 19.2 Å². The van der Waals surface area contributed by atoms with Crippen molar-refractivity contribution in [2.75, 3.05) is 40.3 Å². The van der Waals surface area contributed by atoms with Crippen LogP contribution in [0.1, 0.15) is 10.4 Å². The highest BCUT2D eigenvalue weighted by Crippen LogP contribution is 2.31. The van der Waals surface area contributed by atoms with Gasteiger partial charge in [-0.1, -0.05) is 0 Å². The van der Waals surface area contributed by atoms with Gasteiger partial charge in [0.05, 0.1) is 12.7 Å². The van der Waals surface area contributed by atoms with Gasteiger partial charge in [-0.25, -0.2) is 0 Å². The Hall–Kier alpha value is -2.01. The Morgan fingerprint density at radius 3 is 2.28 bits per heavy atom. The summed E-state index contributed by atoms with van der Waals surface area (Å²) in [4.78, 5) is 16.2. The van der Waals surface area contributed by atoms with E-state index in [0.29, 0.717) is 26.2 Å². The van der Waals surface area contributed by atoms with Crippen LogP contribution in [0.2, 0.25) is 0 Å². The molecule has 0 aromatic heterocycles. The standard InChI is InChI=1S/C14H17F3N2O5S/c1-18-5-7-19(8-6-18)13(20)11-4-3-10(9-12(11)23-2)24-25(21,22)14(15,16)17/h3-4,9H,5-8H2,1-2H3. The first-order chi connectivity index (χ1) is 11.5. The number of methoxy groups -OCH3 is 1. The summed E-state index contributed by atoms with van der Waals surface area (Å²) in [5.74, 6) is -1.02. The largest absolute Gasteiger partial charge is 0.534 e. The molecule has 1 heterocycles. The molecule has 140 valence electrons. The number of hydrogen-bond donors (Lipinski definition) is 0.